The summed E-state index contributed by atoms with van der Waals surface area (Å²) in [5.41, 5.74) is 0.287. The van der Waals surface area contributed by atoms with Gasteiger partial charge in [0.2, 0.25) is 0 Å². The van der Waals surface area contributed by atoms with Gasteiger partial charge in [-0.25, -0.2) is 22.9 Å². The monoisotopic (exact) mass is 294 g/mol. The fourth-order valence-electron chi connectivity index (χ4n) is 1.49. The SMILES string of the molecule is Cc1ccc(C(=O)O)cc1S(=O)(=O)Nc1nccnn1. The molecule has 9 heteroatoms. The molecule has 0 aliphatic heterocycles. The van der Waals surface area contributed by atoms with Gasteiger partial charge in [-0.3, -0.25) is 0 Å². The van der Waals surface area contributed by atoms with E-state index in [4.69, 9.17) is 5.11 Å². The number of nitrogens with one attached hydrogen (secondary N) is 1. The summed E-state index contributed by atoms with van der Waals surface area (Å²) < 4.78 is 26.5. The predicted molar refractivity (Wildman–Crippen MR) is 68.8 cm³/mol. The van der Waals surface area contributed by atoms with Crippen LogP contribution in [0.1, 0.15) is 15.9 Å². The fraction of sp³-hybridized carbons (Fsp3) is 0.0909. The van der Waals surface area contributed by atoms with Gasteiger partial charge in [0.05, 0.1) is 22.9 Å². The molecular weight excluding hydrogens is 284 g/mol. The lowest BCUT2D eigenvalue weighted by Gasteiger charge is -2.09. The van der Waals surface area contributed by atoms with Crippen molar-refractivity contribution in [3.05, 3.63) is 41.7 Å². The summed E-state index contributed by atoms with van der Waals surface area (Å²) in [4.78, 5) is 14.4. The highest BCUT2D eigenvalue weighted by molar-refractivity contribution is 7.92. The van der Waals surface area contributed by atoms with E-state index in [-0.39, 0.29) is 16.4 Å². The number of hydrogen-bond donors (Lipinski definition) is 2. The minimum atomic E-state index is -3.98. The van der Waals surface area contributed by atoms with E-state index in [1.165, 1.54) is 24.5 Å². The second kappa shape index (κ2) is 5.21. The van der Waals surface area contributed by atoms with Gasteiger partial charge in [-0.05, 0) is 24.6 Å². The van der Waals surface area contributed by atoms with Crippen LogP contribution in [0.5, 0.6) is 0 Å². The van der Waals surface area contributed by atoms with E-state index in [0.717, 1.165) is 6.07 Å². The van der Waals surface area contributed by atoms with Crippen LogP contribution in [0.4, 0.5) is 5.95 Å². The first-order valence-corrected chi connectivity index (χ1v) is 6.89. The molecular formula is C11H10N4O4S. The second-order valence-electron chi connectivity index (χ2n) is 3.86. The molecule has 0 spiro atoms. The Morgan fingerprint density at radius 1 is 1.30 bits per heavy atom. The van der Waals surface area contributed by atoms with E-state index in [1.807, 2.05) is 0 Å². The third-order valence-electron chi connectivity index (χ3n) is 2.43. The number of sulfonamides is 1. The Hall–Kier alpha value is -2.55. The van der Waals surface area contributed by atoms with Gasteiger partial charge >= 0.3 is 5.97 Å². The molecule has 2 aromatic rings. The molecule has 8 nitrogen and oxygen atoms in total. The maximum Gasteiger partial charge on any atom is 0.335 e. The van der Waals surface area contributed by atoms with Crippen molar-refractivity contribution in [1.82, 2.24) is 15.2 Å². The first kappa shape index (κ1) is 13.9. The zero-order chi connectivity index (χ0) is 14.8. The van der Waals surface area contributed by atoms with Crippen molar-refractivity contribution >= 4 is 21.9 Å². The largest absolute Gasteiger partial charge is 0.478 e. The Morgan fingerprint density at radius 2 is 2.05 bits per heavy atom. The number of hydrogen-bond acceptors (Lipinski definition) is 6. The van der Waals surface area contributed by atoms with Crippen LogP contribution in [0.25, 0.3) is 0 Å². The molecule has 1 heterocycles. The molecule has 20 heavy (non-hydrogen) atoms. The summed E-state index contributed by atoms with van der Waals surface area (Å²) >= 11 is 0. The van der Waals surface area contributed by atoms with E-state index < -0.39 is 16.0 Å². The molecule has 1 aromatic heterocycles. The molecule has 1 aromatic carbocycles. The molecule has 0 amide bonds. The number of nitrogens with zero attached hydrogens (tertiary/aromatic N) is 3. The van der Waals surface area contributed by atoms with Gasteiger partial charge in [-0.1, -0.05) is 6.07 Å². The second-order valence-corrected chi connectivity index (χ2v) is 5.51. The van der Waals surface area contributed by atoms with Gasteiger partial charge < -0.3 is 5.11 Å². The number of carbonyl (C=O) groups is 1. The minimum absolute atomic E-state index is 0.122. The van der Waals surface area contributed by atoms with E-state index in [9.17, 15) is 13.2 Å². The molecule has 0 atom stereocenters. The number of rotatable bonds is 4. The molecule has 0 radical (unpaired) electrons. The highest BCUT2D eigenvalue weighted by Crippen LogP contribution is 2.19. The number of benzene rings is 1. The maximum atomic E-state index is 12.2. The first-order chi connectivity index (χ1) is 9.40. The first-order valence-electron chi connectivity index (χ1n) is 5.40. The number of aromatic carboxylic acids is 1. The van der Waals surface area contributed by atoms with Crippen LogP contribution in [0, 0.1) is 6.92 Å². The Balaban J connectivity index is 2.44. The molecule has 104 valence electrons. The van der Waals surface area contributed by atoms with Crippen LogP contribution in [0.15, 0.2) is 35.5 Å². The maximum absolute atomic E-state index is 12.2. The van der Waals surface area contributed by atoms with Crippen LogP contribution >= 0.6 is 0 Å². The summed E-state index contributed by atoms with van der Waals surface area (Å²) in [6.45, 7) is 1.56. The lowest BCUT2D eigenvalue weighted by molar-refractivity contribution is 0.0696. The number of carboxylic acids is 1. The third kappa shape index (κ3) is 2.88. The van der Waals surface area contributed by atoms with Crippen molar-refractivity contribution in [1.29, 1.82) is 0 Å². The van der Waals surface area contributed by atoms with E-state index in [0.29, 0.717) is 5.56 Å². The standard InChI is InChI=1S/C11H10N4O4S/c1-7-2-3-8(10(16)17)6-9(7)20(18,19)15-11-12-4-5-13-14-11/h2-6H,1H3,(H,16,17)(H,12,14,15). The Morgan fingerprint density at radius 3 is 2.65 bits per heavy atom. The van der Waals surface area contributed by atoms with Gasteiger partial charge in [0, 0.05) is 0 Å². The van der Waals surface area contributed by atoms with Crippen LogP contribution in [-0.4, -0.2) is 34.7 Å². The average molecular weight is 294 g/mol. The molecule has 0 unspecified atom stereocenters. The number of aryl methyl sites for hydroxylation is 1. The summed E-state index contributed by atoms with van der Waals surface area (Å²) in [6, 6.07) is 3.83. The number of carboxylic acid groups (broad SMARTS) is 1. The van der Waals surface area contributed by atoms with Gasteiger partial charge in [0.25, 0.3) is 16.0 Å². The van der Waals surface area contributed by atoms with Gasteiger partial charge in [-0.2, -0.15) is 5.10 Å². The van der Waals surface area contributed by atoms with Crippen LogP contribution < -0.4 is 4.72 Å². The fourth-order valence-corrected chi connectivity index (χ4v) is 2.71. The van der Waals surface area contributed by atoms with Crippen molar-refractivity contribution in [3.63, 3.8) is 0 Å². The topological polar surface area (TPSA) is 122 Å². The van der Waals surface area contributed by atoms with E-state index >= 15 is 0 Å². The van der Waals surface area contributed by atoms with Crippen molar-refractivity contribution in [2.45, 2.75) is 11.8 Å². The molecule has 0 aliphatic carbocycles. The van der Waals surface area contributed by atoms with Gasteiger partial charge in [0.15, 0.2) is 0 Å². The molecule has 0 saturated carbocycles. The van der Waals surface area contributed by atoms with Crippen LogP contribution in [0.2, 0.25) is 0 Å². The van der Waals surface area contributed by atoms with Crippen molar-refractivity contribution < 1.29 is 18.3 Å². The summed E-state index contributed by atoms with van der Waals surface area (Å²) in [5.74, 6) is -1.40. The Kier molecular flexibility index (Phi) is 3.61. The number of anilines is 1. The highest BCUT2D eigenvalue weighted by Gasteiger charge is 2.20. The van der Waals surface area contributed by atoms with Gasteiger partial charge in [0.1, 0.15) is 0 Å². The Bertz CT molecular complexity index is 746. The van der Waals surface area contributed by atoms with E-state index in [2.05, 4.69) is 19.9 Å². The van der Waals surface area contributed by atoms with Gasteiger partial charge in [-0.15, -0.1) is 5.10 Å². The zero-order valence-electron chi connectivity index (χ0n) is 10.3. The minimum Gasteiger partial charge on any atom is -0.478 e. The lowest BCUT2D eigenvalue weighted by atomic mass is 10.1. The number of aromatic nitrogens is 3. The summed E-state index contributed by atoms with van der Waals surface area (Å²) in [7, 11) is -3.98. The zero-order valence-corrected chi connectivity index (χ0v) is 11.1. The summed E-state index contributed by atoms with van der Waals surface area (Å²) in [5, 5.41) is 15.9. The molecule has 2 rings (SSSR count). The van der Waals surface area contributed by atoms with E-state index in [1.54, 1.807) is 6.92 Å². The molecule has 2 N–H and O–H groups in total. The molecule has 0 aliphatic rings. The summed E-state index contributed by atoms with van der Waals surface area (Å²) in [6.07, 6.45) is 2.58. The average Bonchev–Trinajstić information content (AvgIpc) is 2.39. The van der Waals surface area contributed by atoms with Crippen LogP contribution in [-0.2, 0) is 10.0 Å². The quantitative estimate of drug-likeness (QED) is 0.850. The lowest BCUT2D eigenvalue weighted by Crippen LogP contribution is -2.17. The van der Waals surface area contributed by atoms with Crippen molar-refractivity contribution in [3.8, 4) is 0 Å². The molecule has 0 saturated heterocycles. The predicted octanol–water partition coefficient (Wildman–Crippen LogP) is 0.679. The highest BCUT2D eigenvalue weighted by atomic mass is 32.2. The Labute approximate surface area is 114 Å². The van der Waals surface area contributed by atoms with Crippen molar-refractivity contribution in [2.24, 2.45) is 0 Å². The molecule has 0 bridgehead atoms. The third-order valence-corrected chi connectivity index (χ3v) is 3.90. The molecule has 0 fully saturated rings. The van der Waals surface area contributed by atoms with Crippen LogP contribution in [0.3, 0.4) is 0 Å². The smallest absolute Gasteiger partial charge is 0.335 e. The van der Waals surface area contributed by atoms with Crippen molar-refractivity contribution in [2.75, 3.05) is 4.72 Å². The normalized spacial score (nSPS) is 11.1.